The third kappa shape index (κ3) is 3.31. The van der Waals surface area contributed by atoms with E-state index in [1.54, 1.807) is 42.5 Å². The summed E-state index contributed by atoms with van der Waals surface area (Å²) in [7, 11) is 0. The monoisotopic (exact) mass is 371 g/mol. The molecule has 138 valence electrons. The van der Waals surface area contributed by atoms with Crippen molar-refractivity contribution in [3.8, 4) is 16.9 Å². The molecule has 0 spiro atoms. The molecule has 0 unspecified atom stereocenters. The van der Waals surface area contributed by atoms with Crippen LogP contribution in [0, 0.1) is 0 Å². The van der Waals surface area contributed by atoms with E-state index in [1.807, 2.05) is 36.4 Å². The Morgan fingerprint density at radius 2 is 1.43 bits per heavy atom. The van der Waals surface area contributed by atoms with Crippen molar-refractivity contribution in [1.29, 1.82) is 0 Å². The first-order valence-corrected chi connectivity index (χ1v) is 8.69. The van der Waals surface area contributed by atoms with E-state index in [2.05, 4.69) is 15.8 Å². The number of fused-ring (bicyclic) bond motifs is 1. The summed E-state index contributed by atoms with van der Waals surface area (Å²) in [5.74, 6) is -0.707. The SMILES string of the molecule is O=C(NNC(=O)c1cc2c(-c3ccccc3O)cccc2[nH]1)c1ccccc1. The van der Waals surface area contributed by atoms with Crippen LogP contribution in [0.2, 0.25) is 0 Å². The second kappa shape index (κ2) is 7.28. The van der Waals surface area contributed by atoms with Crippen LogP contribution in [0.25, 0.3) is 22.0 Å². The number of nitrogens with one attached hydrogen (secondary N) is 3. The van der Waals surface area contributed by atoms with Crippen LogP contribution in [0.1, 0.15) is 20.8 Å². The van der Waals surface area contributed by atoms with Gasteiger partial charge in [0.25, 0.3) is 11.8 Å². The summed E-state index contributed by atoms with van der Waals surface area (Å²) in [6.45, 7) is 0. The molecule has 0 aliphatic carbocycles. The van der Waals surface area contributed by atoms with Gasteiger partial charge in [-0.25, -0.2) is 0 Å². The van der Waals surface area contributed by atoms with Crippen molar-refractivity contribution in [2.75, 3.05) is 0 Å². The Bertz CT molecular complexity index is 1170. The Kier molecular flexibility index (Phi) is 4.51. The number of aromatic hydroxyl groups is 1. The van der Waals surface area contributed by atoms with Gasteiger partial charge in [0.15, 0.2) is 0 Å². The van der Waals surface area contributed by atoms with Crippen LogP contribution in [0.3, 0.4) is 0 Å². The number of hydrogen-bond acceptors (Lipinski definition) is 3. The second-order valence-corrected chi connectivity index (χ2v) is 6.24. The van der Waals surface area contributed by atoms with Gasteiger partial charge in [-0.2, -0.15) is 0 Å². The molecular weight excluding hydrogens is 354 g/mol. The molecule has 0 fully saturated rings. The number of para-hydroxylation sites is 1. The molecule has 0 saturated carbocycles. The summed E-state index contributed by atoms with van der Waals surface area (Å²) < 4.78 is 0. The van der Waals surface area contributed by atoms with Crippen LogP contribution in [-0.2, 0) is 0 Å². The van der Waals surface area contributed by atoms with Crippen molar-refractivity contribution in [2.24, 2.45) is 0 Å². The number of carbonyl (C=O) groups is 2. The number of aromatic nitrogens is 1. The number of benzene rings is 3. The average Bonchev–Trinajstić information content (AvgIpc) is 3.17. The standard InChI is InChI=1S/C22H17N3O3/c26-20-12-5-4-9-16(20)15-10-6-11-18-17(15)13-19(23-18)22(28)25-24-21(27)14-7-2-1-3-8-14/h1-13,23,26H,(H,24,27)(H,25,28). The van der Waals surface area contributed by atoms with Crippen molar-refractivity contribution >= 4 is 22.7 Å². The minimum Gasteiger partial charge on any atom is -0.507 e. The molecule has 0 aliphatic heterocycles. The Hall–Kier alpha value is -4.06. The molecule has 0 aliphatic rings. The number of rotatable bonds is 3. The third-order valence-corrected chi connectivity index (χ3v) is 4.43. The molecule has 4 aromatic rings. The molecule has 0 saturated heterocycles. The number of H-pyrrole nitrogens is 1. The molecule has 2 amide bonds. The molecule has 6 nitrogen and oxygen atoms in total. The summed E-state index contributed by atoms with van der Waals surface area (Å²) >= 11 is 0. The number of amides is 2. The van der Waals surface area contributed by atoms with Gasteiger partial charge >= 0.3 is 0 Å². The van der Waals surface area contributed by atoms with Crippen LogP contribution in [0.15, 0.2) is 78.9 Å². The van der Waals surface area contributed by atoms with Crippen molar-refractivity contribution in [2.45, 2.75) is 0 Å². The molecule has 3 aromatic carbocycles. The van der Waals surface area contributed by atoms with Crippen molar-refractivity contribution < 1.29 is 14.7 Å². The van der Waals surface area contributed by atoms with E-state index in [9.17, 15) is 14.7 Å². The number of carbonyl (C=O) groups excluding carboxylic acids is 2. The second-order valence-electron chi connectivity index (χ2n) is 6.24. The van der Waals surface area contributed by atoms with E-state index in [1.165, 1.54) is 0 Å². The largest absolute Gasteiger partial charge is 0.507 e. The Morgan fingerprint density at radius 1 is 0.750 bits per heavy atom. The predicted molar refractivity (Wildman–Crippen MR) is 107 cm³/mol. The predicted octanol–water partition coefficient (Wildman–Crippen LogP) is 3.62. The zero-order valence-corrected chi connectivity index (χ0v) is 14.8. The molecular formula is C22H17N3O3. The fourth-order valence-corrected chi connectivity index (χ4v) is 3.06. The average molecular weight is 371 g/mol. The molecule has 1 heterocycles. The lowest BCUT2D eigenvalue weighted by atomic mass is 10.0. The maximum Gasteiger partial charge on any atom is 0.286 e. The number of phenols is 1. The lowest BCUT2D eigenvalue weighted by molar-refractivity contribution is 0.0844. The molecule has 28 heavy (non-hydrogen) atoms. The smallest absolute Gasteiger partial charge is 0.286 e. The van der Waals surface area contributed by atoms with Crippen LogP contribution in [-0.4, -0.2) is 21.9 Å². The lowest BCUT2D eigenvalue weighted by Gasteiger charge is -2.06. The zero-order valence-electron chi connectivity index (χ0n) is 14.8. The summed E-state index contributed by atoms with van der Waals surface area (Å²) in [4.78, 5) is 27.6. The number of aromatic amines is 1. The van der Waals surface area contributed by atoms with Crippen LogP contribution in [0.5, 0.6) is 5.75 Å². The van der Waals surface area contributed by atoms with E-state index in [4.69, 9.17) is 0 Å². The molecule has 4 N–H and O–H groups in total. The first-order valence-electron chi connectivity index (χ1n) is 8.69. The van der Waals surface area contributed by atoms with Crippen molar-refractivity contribution in [1.82, 2.24) is 15.8 Å². The van der Waals surface area contributed by atoms with Gasteiger partial charge < -0.3 is 10.1 Å². The highest BCUT2D eigenvalue weighted by atomic mass is 16.3. The van der Waals surface area contributed by atoms with Crippen LogP contribution < -0.4 is 10.9 Å². The molecule has 6 heteroatoms. The first-order chi connectivity index (χ1) is 13.6. The number of hydrogen-bond donors (Lipinski definition) is 4. The maximum absolute atomic E-state index is 12.5. The van der Waals surface area contributed by atoms with E-state index < -0.39 is 11.8 Å². The van der Waals surface area contributed by atoms with Gasteiger partial charge in [-0.05, 0) is 35.9 Å². The van der Waals surface area contributed by atoms with Crippen molar-refractivity contribution in [3.63, 3.8) is 0 Å². The summed E-state index contributed by atoms with van der Waals surface area (Å²) in [6.07, 6.45) is 0. The molecule has 0 radical (unpaired) electrons. The topological polar surface area (TPSA) is 94.2 Å². The highest BCUT2D eigenvalue weighted by Gasteiger charge is 2.14. The molecule has 0 bridgehead atoms. The highest BCUT2D eigenvalue weighted by Crippen LogP contribution is 2.34. The quantitative estimate of drug-likeness (QED) is 0.414. The maximum atomic E-state index is 12.5. The fourth-order valence-electron chi connectivity index (χ4n) is 3.06. The molecule has 4 rings (SSSR count). The van der Waals surface area contributed by atoms with Crippen LogP contribution in [0.4, 0.5) is 0 Å². The van der Waals surface area contributed by atoms with E-state index in [-0.39, 0.29) is 5.75 Å². The number of hydrazine groups is 1. The summed E-state index contributed by atoms with van der Waals surface area (Å²) in [5, 5.41) is 11.0. The van der Waals surface area contributed by atoms with Gasteiger partial charge in [-0.15, -0.1) is 0 Å². The summed E-state index contributed by atoms with van der Waals surface area (Å²) in [5.41, 5.74) is 7.78. The third-order valence-electron chi connectivity index (χ3n) is 4.43. The van der Waals surface area contributed by atoms with E-state index in [0.717, 1.165) is 16.5 Å². The minimum absolute atomic E-state index is 0.164. The van der Waals surface area contributed by atoms with Gasteiger partial charge in [0.2, 0.25) is 0 Å². The van der Waals surface area contributed by atoms with Gasteiger partial charge in [-0.1, -0.05) is 48.5 Å². The Labute approximate surface area is 160 Å². The highest BCUT2D eigenvalue weighted by molar-refractivity contribution is 6.04. The Balaban J connectivity index is 1.58. The summed E-state index contributed by atoms with van der Waals surface area (Å²) in [6, 6.07) is 22.9. The van der Waals surface area contributed by atoms with E-state index >= 15 is 0 Å². The Morgan fingerprint density at radius 3 is 2.21 bits per heavy atom. The van der Waals surface area contributed by atoms with Gasteiger partial charge in [0, 0.05) is 22.0 Å². The van der Waals surface area contributed by atoms with Gasteiger partial charge in [0.1, 0.15) is 11.4 Å². The minimum atomic E-state index is -0.469. The zero-order chi connectivity index (χ0) is 19.5. The number of phenolic OH excluding ortho intramolecular Hbond substituents is 1. The fraction of sp³-hybridized carbons (Fsp3) is 0. The first kappa shape index (κ1) is 17.4. The van der Waals surface area contributed by atoms with Crippen molar-refractivity contribution in [3.05, 3.63) is 90.1 Å². The van der Waals surface area contributed by atoms with E-state index in [0.29, 0.717) is 16.8 Å². The van der Waals surface area contributed by atoms with Gasteiger partial charge in [-0.3, -0.25) is 20.4 Å². The normalized spacial score (nSPS) is 10.6. The van der Waals surface area contributed by atoms with Gasteiger partial charge in [0.05, 0.1) is 0 Å². The molecule has 1 aromatic heterocycles. The molecule has 0 atom stereocenters. The lowest BCUT2D eigenvalue weighted by Crippen LogP contribution is -2.41. The van der Waals surface area contributed by atoms with Crippen LogP contribution >= 0.6 is 0 Å².